The highest BCUT2D eigenvalue weighted by Gasteiger charge is 2.30. The molecule has 3 atom stereocenters. The zero-order valence-corrected chi connectivity index (χ0v) is 13.4. The minimum absolute atomic E-state index is 0.0971. The molecule has 0 spiro atoms. The first kappa shape index (κ1) is 15.7. The van der Waals surface area contributed by atoms with Crippen molar-refractivity contribution < 1.29 is 5.11 Å². The van der Waals surface area contributed by atoms with E-state index in [9.17, 15) is 5.11 Å². The van der Waals surface area contributed by atoms with Crippen LogP contribution in [0.3, 0.4) is 0 Å². The first-order valence-electron chi connectivity index (χ1n) is 6.85. The summed E-state index contributed by atoms with van der Waals surface area (Å²) in [6.07, 6.45) is 4.44. The fourth-order valence-corrected chi connectivity index (χ4v) is 5.49. The Kier molecular flexibility index (Phi) is 6.75. The van der Waals surface area contributed by atoms with Crippen molar-refractivity contribution in [2.45, 2.75) is 70.0 Å². The van der Waals surface area contributed by atoms with Crippen molar-refractivity contribution in [1.82, 2.24) is 0 Å². The van der Waals surface area contributed by atoms with E-state index in [1.54, 1.807) is 0 Å². The fraction of sp³-hybridized carbons (Fsp3) is 1.00. The minimum atomic E-state index is -0.0971. The van der Waals surface area contributed by atoms with Crippen LogP contribution in [0, 0.1) is 5.41 Å². The molecule has 0 aromatic rings. The molecule has 1 aliphatic heterocycles. The van der Waals surface area contributed by atoms with Crippen molar-refractivity contribution in [2.75, 3.05) is 11.5 Å². The Bertz CT molecular complexity index is 213. The first-order chi connectivity index (χ1) is 7.94. The number of rotatable bonds is 5. The van der Waals surface area contributed by atoms with E-state index >= 15 is 0 Å². The van der Waals surface area contributed by atoms with Crippen molar-refractivity contribution in [1.29, 1.82) is 0 Å². The molecule has 3 heteroatoms. The van der Waals surface area contributed by atoms with Crippen LogP contribution in [-0.4, -0.2) is 33.2 Å². The highest BCUT2D eigenvalue weighted by Crippen LogP contribution is 2.36. The Labute approximate surface area is 116 Å². The maximum absolute atomic E-state index is 10.3. The highest BCUT2D eigenvalue weighted by atomic mass is 32.2. The zero-order chi connectivity index (χ0) is 12.9. The molecule has 0 bridgehead atoms. The normalized spacial score (nSPS) is 28.1. The molecule has 0 aliphatic carbocycles. The Morgan fingerprint density at radius 2 is 1.88 bits per heavy atom. The molecule has 1 aliphatic rings. The van der Waals surface area contributed by atoms with Gasteiger partial charge in [-0.1, -0.05) is 34.1 Å². The molecule has 0 amide bonds. The van der Waals surface area contributed by atoms with Gasteiger partial charge in [0.1, 0.15) is 0 Å². The summed E-state index contributed by atoms with van der Waals surface area (Å²) < 4.78 is 0. The molecule has 3 unspecified atom stereocenters. The van der Waals surface area contributed by atoms with Crippen molar-refractivity contribution in [3.8, 4) is 0 Å². The lowest BCUT2D eigenvalue weighted by molar-refractivity contribution is 0.150. The van der Waals surface area contributed by atoms with E-state index in [1.165, 1.54) is 24.3 Å². The summed E-state index contributed by atoms with van der Waals surface area (Å²) in [5.41, 5.74) is 0.401. The Balaban J connectivity index is 2.32. The number of thioether (sulfide) groups is 2. The molecule has 0 radical (unpaired) electrons. The summed E-state index contributed by atoms with van der Waals surface area (Å²) in [7, 11) is 0. The lowest BCUT2D eigenvalue weighted by Crippen LogP contribution is -2.36. The minimum Gasteiger partial charge on any atom is -0.392 e. The molecule has 0 aromatic heterocycles. The average molecular weight is 277 g/mol. The quantitative estimate of drug-likeness (QED) is 0.813. The largest absolute Gasteiger partial charge is 0.392 e. The molecular formula is C14H28OS2. The van der Waals surface area contributed by atoms with Crippen LogP contribution in [0.4, 0.5) is 0 Å². The highest BCUT2D eigenvalue weighted by molar-refractivity contribution is 8.07. The molecule has 1 N–H and O–H groups in total. The monoisotopic (exact) mass is 276 g/mol. The second kappa shape index (κ2) is 7.30. The molecule has 17 heavy (non-hydrogen) atoms. The van der Waals surface area contributed by atoms with E-state index in [0.29, 0.717) is 15.9 Å². The van der Waals surface area contributed by atoms with Gasteiger partial charge in [-0.2, -0.15) is 23.5 Å². The number of hydrogen-bond donors (Lipinski definition) is 1. The van der Waals surface area contributed by atoms with Crippen molar-refractivity contribution in [3.05, 3.63) is 0 Å². The zero-order valence-electron chi connectivity index (χ0n) is 11.7. The smallest absolute Gasteiger partial charge is 0.0669 e. The second-order valence-electron chi connectivity index (χ2n) is 6.17. The number of hydrogen-bond acceptors (Lipinski definition) is 3. The molecule has 102 valence electrons. The van der Waals surface area contributed by atoms with E-state index in [1.807, 2.05) is 11.8 Å². The Morgan fingerprint density at radius 3 is 2.47 bits per heavy atom. The number of aliphatic hydroxyl groups is 1. The van der Waals surface area contributed by atoms with Gasteiger partial charge in [0, 0.05) is 22.0 Å². The molecule has 0 aromatic carbocycles. The van der Waals surface area contributed by atoms with E-state index < -0.39 is 0 Å². The molecule has 0 saturated carbocycles. The lowest BCUT2D eigenvalue weighted by Gasteiger charge is -2.33. The van der Waals surface area contributed by atoms with Crippen molar-refractivity contribution in [2.24, 2.45) is 5.41 Å². The van der Waals surface area contributed by atoms with E-state index in [-0.39, 0.29) is 6.10 Å². The van der Waals surface area contributed by atoms with Crippen LogP contribution in [0.5, 0.6) is 0 Å². The third-order valence-corrected chi connectivity index (χ3v) is 6.69. The molecule has 1 rings (SSSR count). The van der Waals surface area contributed by atoms with Gasteiger partial charge in [0.15, 0.2) is 0 Å². The topological polar surface area (TPSA) is 20.2 Å². The van der Waals surface area contributed by atoms with E-state index in [0.717, 1.165) is 12.8 Å². The summed E-state index contributed by atoms with van der Waals surface area (Å²) >= 11 is 4.05. The van der Waals surface area contributed by atoms with Gasteiger partial charge in [-0.3, -0.25) is 0 Å². The molecule has 1 nitrogen and oxygen atoms in total. The molecule has 1 heterocycles. The number of aliphatic hydroxyl groups excluding tert-OH is 1. The third kappa shape index (κ3) is 5.89. The SMILES string of the molecule is CCC1SCCSC1C(O)CCCC(C)(C)C. The van der Waals surface area contributed by atoms with Gasteiger partial charge in [-0.15, -0.1) is 0 Å². The van der Waals surface area contributed by atoms with Crippen LogP contribution < -0.4 is 0 Å². The van der Waals surface area contributed by atoms with Gasteiger partial charge < -0.3 is 5.11 Å². The van der Waals surface area contributed by atoms with Crippen LogP contribution >= 0.6 is 23.5 Å². The summed E-state index contributed by atoms with van der Waals surface area (Å²) in [6, 6.07) is 0. The summed E-state index contributed by atoms with van der Waals surface area (Å²) in [4.78, 5) is 0. The fourth-order valence-electron chi connectivity index (χ4n) is 2.30. The van der Waals surface area contributed by atoms with Crippen LogP contribution in [0.1, 0.15) is 53.4 Å². The van der Waals surface area contributed by atoms with E-state index in [4.69, 9.17) is 0 Å². The van der Waals surface area contributed by atoms with Gasteiger partial charge in [0.05, 0.1) is 6.10 Å². The predicted octanol–water partition coefficient (Wildman–Crippen LogP) is 4.19. The molecule has 1 fully saturated rings. The molecule has 1 saturated heterocycles. The Morgan fingerprint density at radius 1 is 1.24 bits per heavy atom. The Hall–Kier alpha value is 0.660. The van der Waals surface area contributed by atoms with Gasteiger partial charge in [0.2, 0.25) is 0 Å². The average Bonchev–Trinajstić information content (AvgIpc) is 2.27. The van der Waals surface area contributed by atoms with Crippen LogP contribution in [0.25, 0.3) is 0 Å². The van der Waals surface area contributed by atoms with Crippen LogP contribution in [-0.2, 0) is 0 Å². The van der Waals surface area contributed by atoms with Gasteiger partial charge >= 0.3 is 0 Å². The third-order valence-electron chi connectivity index (χ3n) is 3.30. The summed E-state index contributed by atoms with van der Waals surface area (Å²) in [6.45, 7) is 9.08. The van der Waals surface area contributed by atoms with Crippen LogP contribution in [0.15, 0.2) is 0 Å². The van der Waals surface area contributed by atoms with Gasteiger partial charge in [-0.05, 0) is 24.7 Å². The van der Waals surface area contributed by atoms with Gasteiger partial charge in [-0.25, -0.2) is 0 Å². The maximum atomic E-state index is 10.3. The predicted molar refractivity (Wildman–Crippen MR) is 82.1 cm³/mol. The van der Waals surface area contributed by atoms with E-state index in [2.05, 4.69) is 39.5 Å². The van der Waals surface area contributed by atoms with Gasteiger partial charge in [0.25, 0.3) is 0 Å². The summed E-state index contributed by atoms with van der Waals surface area (Å²) in [5, 5.41) is 11.5. The standard InChI is InChI=1S/C14H28OS2/c1-5-12-13(17-10-9-16-12)11(15)7-6-8-14(2,3)4/h11-13,15H,5-10H2,1-4H3. The molecular weight excluding hydrogens is 248 g/mol. The maximum Gasteiger partial charge on any atom is 0.0669 e. The second-order valence-corrected chi connectivity index (χ2v) is 8.81. The van der Waals surface area contributed by atoms with Crippen molar-refractivity contribution >= 4 is 23.5 Å². The van der Waals surface area contributed by atoms with Crippen LogP contribution in [0.2, 0.25) is 0 Å². The summed E-state index contributed by atoms with van der Waals surface area (Å²) in [5.74, 6) is 2.47. The lowest BCUT2D eigenvalue weighted by atomic mass is 9.89. The first-order valence-corrected chi connectivity index (χ1v) is 8.95. The van der Waals surface area contributed by atoms with Crippen molar-refractivity contribution in [3.63, 3.8) is 0 Å².